The number of anilines is 2. The smallest absolute Gasteiger partial charge is 0.243 e. The van der Waals surface area contributed by atoms with E-state index in [0.717, 1.165) is 48.0 Å². The number of halogens is 1. The fourth-order valence-electron chi connectivity index (χ4n) is 6.42. The number of imidazole rings is 1. The summed E-state index contributed by atoms with van der Waals surface area (Å²) in [5.41, 5.74) is 10.5. The Hall–Kier alpha value is -3.31. The van der Waals surface area contributed by atoms with Gasteiger partial charge in [0, 0.05) is 30.9 Å². The van der Waals surface area contributed by atoms with E-state index >= 15 is 4.39 Å². The van der Waals surface area contributed by atoms with Gasteiger partial charge in [-0.25, -0.2) is 18.9 Å². The topological polar surface area (TPSA) is 111 Å². The van der Waals surface area contributed by atoms with Crippen molar-refractivity contribution in [2.45, 2.75) is 63.8 Å². The number of aryl methyl sites for hydroxylation is 1. The van der Waals surface area contributed by atoms with E-state index in [9.17, 15) is 0 Å². The molecular weight excluding hydrogens is 485 g/mol. The van der Waals surface area contributed by atoms with Crippen LogP contribution in [0.4, 0.5) is 16.2 Å². The van der Waals surface area contributed by atoms with Gasteiger partial charge >= 0.3 is 0 Å². The average molecular weight is 520 g/mol. The average Bonchev–Trinajstić information content (AvgIpc) is 3.49. The van der Waals surface area contributed by atoms with E-state index in [1.54, 1.807) is 4.52 Å². The van der Waals surface area contributed by atoms with Gasteiger partial charge in [0.2, 0.25) is 5.95 Å². The zero-order chi connectivity index (χ0) is 26.2. The summed E-state index contributed by atoms with van der Waals surface area (Å²) in [6, 6.07) is 5.75. The summed E-state index contributed by atoms with van der Waals surface area (Å²) in [5.74, 6) is 2.25. The van der Waals surface area contributed by atoms with E-state index in [0.29, 0.717) is 36.2 Å². The highest BCUT2D eigenvalue weighted by Gasteiger charge is 2.55. The summed E-state index contributed by atoms with van der Waals surface area (Å²) >= 11 is 0. The molecule has 11 heteroatoms. The highest BCUT2D eigenvalue weighted by molar-refractivity contribution is 5.88. The van der Waals surface area contributed by atoms with E-state index in [2.05, 4.69) is 43.7 Å². The highest BCUT2D eigenvalue weighted by atomic mass is 19.1. The number of aromatic nitrogens is 6. The lowest BCUT2D eigenvalue weighted by Crippen LogP contribution is -2.67. The molecule has 2 saturated heterocycles. The van der Waals surface area contributed by atoms with Gasteiger partial charge in [-0.15, -0.1) is 5.10 Å². The number of ether oxygens (including phenoxy) is 1. The number of nitrogens with zero attached hydrogens (tertiary/aromatic N) is 7. The van der Waals surface area contributed by atoms with Crippen molar-refractivity contribution >= 4 is 28.4 Å². The van der Waals surface area contributed by atoms with Crippen LogP contribution < -0.4 is 11.1 Å². The number of nitrogens with two attached hydrogens (primary N) is 1. The first kappa shape index (κ1) is 23.8. The summed E-state index contributed by atoms with van der Waals surface area (Å²) < 4.78 is 24.7. The Bertz CT molecular complexity index is 1520. The van der Waals surface area contributed by atoms with Gasteiger partial charge in [-0.1, -0.05) is 0 Å². The number of alkyl halides is 1. The van der Waals surface area contributed by atoms with Crippen molar-refractivity contribution in [3.63, 3.8) is 0 Å². The second kappa shape index (κ2) is 8.60. The fraction of sp³-hybridized carbons (Fsp3) is 0.556. The molecule has 3 fully saturated rings. The molecule has 10 nitrogen and oxygen atoms in total. The number of fused-ring (bicyclic) bond motifs is 2. The standard InChI is InChI=1S/C27H34FN9O/c1-15(2)37-16(3)30-22-7-6-20(31-25(22)37)18-8-11-36-23(18)24(29)33-26(34-36)32-21-9-10-35(12-19(21)28)27(13-38-14-27)17-4-5-17/h6-8,11,15,17,19,21H,4-5,9-10,12-14H2,1-3H3,(H3,29,32,33,34)/t19-,21+/m1/s1. The molecular formula is C27H34FN9O. The van der Waals surface area contributed by atoms with Crippen molar-refractivity contribution in [3.05, 3.63) is 30.2 Å². The minimum Gasteiger partial charge on any atom is -0.382 e. The largest absolute Gasteiger partial charge is 0.382 e. The van der Waals surface area contributed by atoms with Crippen LogP contribution in [0.1, 0.15) is 45.0 Å². The first-order valence-electron chi connectivity index (χ1n) is 13.6. The summed E-state index contributed by atoms with van der Waals surface area (Å²) in [6.07, 6.45) is 3.96. The summed E-state index contributed by atoms with van der Waals surface area (Å²) in [7, 11) is 0. The van der Waals surface area contributed by atoms with Crippen LogP contribution in [0.5, 0.6) is 0 Å². The third-order valence-electron chi connectivity index (χ3n) is 8.57. The lowest BCUT2D eigenvalue weighted by atomic mass is 9.86. The molecule has 0 spiro atoms. The zero-order valence-electron chi connectivity index (χ0n) is 22.1. The molecule has 200 valence electrons. The van der Waals surface area contributed by atoms with Gasteiger partial charge in [-0.05, 0) is 64.2 Å². The number of nitrogens with one attached hydrogen (secondary N) is 1. The zero-order valence-corrected chi connectivity index (χ0v) is 22.1. The molecule has 6 heterocycles. The maximum atomic E-state index is 15.4. The number of pyridine rings is 1. The second-order valence-corrected chi connectivity index (χ2v) is 11.4. The van der Waals surface area contributed by atoms with Crippen LogP contribution in [-0.2, 0) is 4.74 Å². The number of nitrogen functional groups attached to an aromatic ring is 1. The Morgan fingerprint density at radius 3 is 2.63 bits per heavy atom. The Kier molecular flexibility index (Phi) is 5.38. The first-order valence-corrected chi connectivity index (χ1v) is 13.6. The maximum Gasteiger partial charge on any atom is 0.243 e. The minimum absolute atomic E-state index is 0.0549. The molecule has 1 saturated carbocycles. The Labute approximate surface area is 220 Å². The molecule has 0 amide bonds. The van der Waals surface area contributed by atoms with Crippen LogP contribution in [-0.4, -0.2) is 78.1 Å². The van der Waals surface area contributed by atoms with Gasteiger partial charge in [-0.3, -0.25) is 4.90 Å². The van der Waals surface area contributed by atoms with Crippen LogP contribution in [0.2, 0.25) is 0 Å². The molecule has 4 aromatic rings. The van der Waals surface area contributed by atoms with Crippen LogP contribution in [0.25, 0.3) is 27.9 Å². The molecule has 38 heavy (non-hydrogen) atoms. The molecule has 4 aromatic heterocycles. The number of hydrogen-bond acceptors (Lipinski definition) is 8. The molecule has 0 unspecified atom stereocenters. The van der Waals surface area contributed by atoms with Crippen molar-refractivity contribution in [3.8, 4) is 11.3 Å². The number of hydrogen-bond donors (Lipinski definition) is 2. The Morgan fingerprint density at radius 1 is 1.13 bits per heavy atom. The minimum atomic E-state index is -1.02. The van der Waals surface area contributed by atoms with Gasteiger partial charge in [0.1, 0.15) is 23.0 Å². The number of likely N-dealkylation sites (tertiary alicyclic amines) is 1. The third-order valence-corrected chi connectivity index (χ3v) is 8.57. The molecule has 3 N–H and O–H groups in total. The lowest BCUT2D eigenvalue weighted by molar-refractivity contribution is -0.163. The van der Waals surface area contributed by atoms with Crippen LogP contribution in [0.3, 0.4) is 0 Å². The van der Waals surface area contributed by atoms with E-state index in [4.69, 9.17) is 15.5 Å². The van der Waals surface area contributed by atoms with Crippen LogP contribution in [0.15, 0.2) is 24.4 Å². The van der Waals surface area contributed by atoms with Crippen molar-refractivity contribution in [2.75, 3.05) is 37.4 Å². The van der Waals surface area contributed by atoms with Crippen molar-refractivity contribution in [1.29, 1.82) is 0 Å². The molecule has 1 aliphatic carbocycles. The molecule has 2 atom stereocenters. The van der Waals surface area contributed by atoms with E-state index < -0.39 is 6.17 Å². The normalized spacial score (nSPS) is 23.8. The van der Waals surface area contributed by atoms with E-state index in [-0.39, 0.29) is 17.6 Å². The fourth-order valence-corrected chi connectivity index (χ4v) is 6.42. The highest BCUT2D eigenvalue weighted by Crippen LogP contribution is 2.48. The molecule has 2 aliphatic heterocycles. The summed E-state index contributed by atoms with van der Waals surface area (Å²) in [5, 5.41) is 7.85. The SMILES string of the molecule is Cc1nc2ccc(-c3ccn4nc(N[C@H]5CCN(C6(C7CC7)COC6)C[C@H]5F)nc(N)c34)nc2n1C(C)C. The van der Waals surface area contributed by atoms with E-state index in [1.165, 1.54) is 12.8 Å². The van der Waals surface area contributed by atoms with Crippen LogP contribution >= 0.6 is 0 Å². The predicted octanol–water partition coefficient (Wildman–Crippen LogP) is 3.62. The molecule has 0 aromatic carbocycles. The van der Waals surface area contributed by atoms with E-state index in [1.807, 2.05) is 31.3 Å². The molecule has 0 radical (unpaired) electrons. The number of piperidine rings is 1. The quantitative estimate of drug-likeness (QED) is 0.397. The predicted molar refractivity (Wildman–Crippen MR) is 144 cm³/mol. The number of rotatable bonds is 6. The van der Waals surface area contributed by atoms with Crippen LogP contribution in [0, 0.1) is 12.8 Å². The lowest BCUT2D eigenvalue weighted by Gasteiger charge is -2.53. The maximum absolute atomic E-state index is 15.4. The molecule has 0 bridgehead atoms. The molecule has 3 aliphatic rings. The Morgan fingerprint density at radius 2 is 1.95 bits per heavy atom. The third kappa shape index (κ3) is 3.66. The van der Waals surface area contributed by atoms with Gasteiger partial charge in [0.05, 0.1) is 30.5 Å². The summed E-state index contributed by atoms with van der Waals surface area (Å²) in [4.78, 5) is 16.4. The Balaban J connectivity index is 1.13. The van der Waals surface area contributed by atoms with Crippen molar-refractivity contribution in [2.24, 2.45) is 5.92 Å². The van der Waals surface area contributed by atoms with Gasteiger partial charge < -0.3 is 20.4 Å². The van der Waals surface area contributed by atoms with Gasteiger partial charge in [0.15, 0.2) is 11.5 Å². The monoisotopic (exact) mass is 519 g/mol. The first-order chi connectivity index (χ1) is 18.3. The summed E-state index contributed by atoms with van der Waals surface area (Å²) in [6.45, 7) is 8.94. The van der Waals surface area contributed by atoms with Crippen molar-refractivity contribution < 1.29 is 9.13 Å². The van der Waals surface area contributed by atoms with Crippen molar-refractivity contribution in [1.82, 2.24) is 34.0 Å². The van der Waals surface area contributed by atoms with Gasteiger partial charge in [0.25, 0.3) is 0 Å². The second-order valence-electron chi connectivity index (χ2n) is 11.4. The molecule has 7 rings (SSSR count). The van der Waals surface area contributed by atoms with Gasteiger partial charge in [-0.2, -0.15) is 4.98 Å².